The predicted molar refractivity (Wildman–Crippen MR) is 43.2 cm³/mol. The van der Waals surface area contributed by atoms with Crippen LogP contribution in [0.1, 0.15) is 5.56 Å². The number of benzene rings is 1. The van der Waals surface area contributed by atoms with Gasteiger partial charge in [-0.1, -0.05) is 30.3 Å². The van der Waals surface area contributed by atoms with Gasteiger partial charge >= 0.3 is 5.97 Å². The summed E-state index contributed by atoms with van der Waals surface area (Å²) >= 11 is 0. The molecular formula is C9H6F2O2. The van der Waals surface area contributed by atoms with E-state index < -0.39 is 17.6 Å². The van der Waals surface area contributed by atoms with Crippen LogP contribution in [0.5, 0.6) is 0 Å². The Morgan fingerprint density at radius 3 is 2.15 bits per heavy atom. The zero-order valence-electron chi connectivity index (χ0n) is 6.50. The number of hydrogen-bond acceptors (Lipinski definition) is 1. The number of carboxylic acids is 1. The average Bonchev–Trinajstić information content (AvgIpc) is 2.17. The Kier molecular flexibility index (Phi) is 2.74. The fourth-order valence-electron chi connectivity index (χ4n) is 0.805. The van der Waals surface area contributed by atoms with Crippen molar-refractivity contribution in [3.05, 3.63) is 41.7 Å². The largest absolute Gasteiger partial charge is 0.476 e. The molecule has 0 fully saturated rings. The van der Waals surface area contributed by atoms with Crippen LogP contribution >= 0.6 is 0 Å². The maximum Gasteiger partial charge on any atom is 0.367 e. The Bertz CT molecular complexity index is 344. The van der Waals surface area contributed by atoms with Crippen LogP contribution in [-0.2, 0) is 4.79 Å². The molecule has 1 aromatic carbocycles. The topological polar surface area (TPSA) is 37.3 Å². The van der Waals surface area contributed by atoms with Gasteiger partial charge in [0.05, 0.1) is 0 Å². The number of hydrogen-bond donors (Lipinski definition) is 1. The predicted octanol–water partition coefficient (Wildman–Crippen LogP) is 2.38. The van der Waals surface area contributed by atoms with Crippen molar-refractivity contribution in [2.24, 2.45) is 0 Å². The Labute approximate surface area is 73.1 Å². The van der Waals surface area contributed by atoms with Crippen molar-refractivity contribution in [3.8, 4) is 0 Å². The molecular weight excluding hydrogens is 178 g/mol. The molecule has 68 valence electrons. The van der Waals surface area contributed by atoms with Gasteiger partial charge in [0.1, 0.15) is 0 Å². The molecule has 0 heterocycles. The van der Waals surface area contributed by atoms with Crippen LogP contribution < -0.4 is 0 Å². The van der Waals surface area contributed by atoms with Crippen molar-refractivity contribution in [2.75, 3.05) is 0 Å². The maximum atomic E-state index is 12.9. The second-order valence-electron chi connectivity index (χ2n) is 2.30. The van der Waals surface area contributed by atoms with Gasteiger partial charge in [0.25, 0.3) is 0 Å². The van der Waals surface area contributed by atoms with Gasteiger partial charge in [0, 0.05) is 5.56 Å². The van der Waals surface area contributed by atoms with Crippen LogP contribution in [0.15, 0.2) is 36.2 Å². The second kappa shape index (κ2) is 3.80. The summed E-state index contributed by atoms with van der Waals surface area (Å²) in [5.74, 6) is -5.03. The van der Waals surface area contributed by atoms with Crippen molar-refractivity contribution in [2.45, 2.75) is 0 Å². The molecule has 0 amide bonds. The zero-order valence-corrected chi connectivity index (χ0v) is 6.50. The quantitative estimate of drug-likeness (QED) is 0.716. The van der Waals surface area contributed by atoms with Gasteiger partial charge in [-0.25, -0.2) is 9.18 Å². The van der Waals surface area contributed by atoms with E-state index in [0.29, 0.717) is 0 Å². The van der Waals surface area contributed by atoms with Crippen molar-refractivity contribution >= 4 is 11.8 Å². The molecule has 0 aliphatic carbocycles. The standard InChI is InChI=1S/C9H6F2O2/c10-7(8(11)9(12)13)6-4-2-1-3-5-6/h1-5H,(H,12,13). The fraction of sp³-hybridized carbons (Fsp3) is 0. The van der Waals surface area contributed by atoms with Gasteiger partial charge < -0.3 is 5.11 Å². The van der Waals surface area contributed by atoms with Crippen molar-refractivity contribution in [1.29, 1.82) is 0 Å². The summed E-state index contributed by atoms with van der Waals surface area (Å²) in [6.07, 6.45) is 0. The summed E-state index contributed by atoms with van der Waals surface area (Å²) < 4.78 is 25.4. The van der Waals surface area contributed by atoms with Crippen LogP contribution in [-0.4, -0.2) is 11.1 Å². The minimum Gasteiger partial charge on any atom is -0.476 e. The van der Waals surface area contributed by atoms with E-state index in [2.05, 4.69) is 0 Å². The van der Waals surface area contributed by atoms with Crippen LogP contribution in [0, 0.1) is 0 Å². The SMILES string of the molecule is O=C(O)C(F)=C(F)c1ccccc1. The van der Waals surface area contributed by atoms with E-state index in [0.717, 1.165) is 0 Å². The van der Waals surface area contributed by atoms with Gasteiger partial charge in [0.15, 0.2) is 5.83 Å². The normalized spacial score (nSPS) is 12.2. The summed E-state index contributed by atoms with van der Waals surface area (Å²) in [6.45, 7) is 0. The minimum atomic E-state index is -1.90. The third-order valence-electron chi connectivity index (χ3n) is 1.41. The number of aliphatic carboxylic acids is 1. The van der Waals surface area contributed by atoms with Gasteiger partial charge in [0.2, 0.25) is 5.83 Å². The first kappa shape index (κ1) is 9.38. The summed E-state index contributed by atoms with van der Waals surface area (Å²) in [6, 6.07) is 7.18. The fourth-order valence-corrected chi connectivity index (χ4v) is 0.805. The number of carboxylic acid groups (broad SMARTS) is 1. The smallest absolute Gasteiger partial charge is 0.367 e. The van der Waals surface area contributed by atoms with E-state index in [4.69, 9.17) is 5.11 Å². The van der Waals surface area contributed by atoms with Crippen molar-refractivity contribution in [3.63, 3.8) is 0 Å². The minimum absolute atomic E-state index is 0.0811. The summed E-state index contributed by atoms with van der Waals surface area (Å²) in [5, 5.41) is 8.14. The highest BCUT2D eigenvalue weighted by atomic mass is 19.2. The summed E-state index contributed by atoms with van der Waals surface area (Å²) in [7, 11) is 0. The van der Waals surface area contributed by atoms with E-state index in [1.165, 1.54) is 24.3 Å². The van der Waals surface area contributed by atoms with E-state index in [-0.39, 0.29) is 5.56 Å². The first-order valence-corrected chi connectivity index (χ1v) is 3.47. The monoisotopic (exact) mass is 184 g/mol. The molecule has 13 heavy (non-hydrogen) atoms. The van der Waals surface area contributed by atoms with Gasteiger partial charge in [-0.2, -0.15) is 4.39 Å². The van der Waals surface area contributed by atoms with Crippen LogP contribution in [0.4, 0.5) is 8.78 Å². The third-order valence-corrected chi connectivity index (χ3v) is 1.41. The van der Waals surface area contributed by atoms with Gasteiger partial charge in [-0.3, -0.25) is 0 Å². The van der Waals surface area contributed by atoms with E-state index in [1.807, 2.05) is 0 Å². The number of rotatable bonds is 2. The van der Waals surface area contributed by atoms with Crippen molar-refractivity contribution < 1.29 is 18.7 Å². The van der Waals surface area contributed by atoms with Crippen LogP contribution in [0.3, 0.4) is 0 Å². The molecule has 0 atom stereocenters. The molecule has 0 radical (unpaired) electrons. The molecule has 2 nitrogen and oxygen atoms in total. The average molecular weight is 184 g/mol. The highest BCUT2D eigenvalue weighted by Crippen LogP contribution is 2.20. The van der Waals surface area contributed by atoms with Crippen LogP contribution in [0.25, 0.3) is 5.83 Å². The lowest BCUT2D eigenvalue weighted by Crippen LogP contribution is -1.97. The van der Waals surface area contributed by atoms with Crippen LogP contribution in [0.2, 0.25) is 0 Å². The molecule has 0 spiro atoms. The van der Waals surface area contributed by atoms with E-state index >= 15 is 0 Å². The highest BCUT2D eigenvalue weighted by molar-refractivity contribution is 5.92. The third kappa shape index (κ3) is 2.11. The van der Waals surface area contributed by atoms with Gasteiger partial charge in [-0.15, -0.1) is 0 Å². The Morgan fingerprint density at radius 1 is 1.15 bits per heavy atom. The molecule has 0 aliphatic rings. The highest BCUT2D eigenvalue weighted by Gasteiger charge is 2.14. The maximum absolute atomic E-state index is 12.9. The number of carbonyl (C=O) groups is 1. The molecule has 1 aromatic rings. The van der Waals surface area contributed by atoms with Crippen molar-refractivity contribution in [1.82, 2.24) is 0 Å². The molecule has 1 rings (SSSR count). The lowest BCUT2D eigenvalue weighted by molar-refractivity contribution is -0.134. The van der Waals surface area contributed by atoms with Gasteiger partial charge in [-0.05, 0) is 0 Å². The Balaban J connectivity index is 3.11. The molecule has 0 bridgehead atoms. The zero-order chi connectivity index (χ0) is 9.84. The Hall–Kier alpha value is -1.71. The molecule has 0 aromatic heterocycles. The molecule has 0 saturated heterocycles. The molecule has 0 aliphatic heterocycles. The first-order chi connectivity index (χ1) is 6.13. The molecule has 0 saturated carbocycles. The van der Waals surface area contributed by atoms with E-state index in [9.17, 15) is 13.6 Å². The molecule has 0 unspecified atom stereocenters. The molecule has 4 heteroatoms. The first-order valence-electron chi connectivity index (χ1n) is 3.47. The molecule has 1 N–H and O–H groups in total. The lowest BCUT2D eigenvalue weighted by Gasteiger charge is -1.96. The van der Waals surface area contributed by atoms with E-state index in [1.54, 1.807) is 6.07 Å². The number of halogens is 2. The second-order valence-corrected chi connectivity index (χ2v) is 2.30. The Morgan fingerprint density at radius 2 is 1.69 bits per heavy atom. The summed E-state index contributed by atoms with van der Waals surface area (Å²) in [4.78, 5) is 10.0. The summed E-state index contributed by atoms with van der Waals surface area (Å²) in [5.41, 5.74) is -0.0811. The lowest BCUT2D eigenvalue weighted by atomic mass is 10.2.